The zero-order chi connectivity index (χ0) is 14.5. The van der Waals surface area contributed by atoms with Crippen molar-refractivity contribution in [2.24, 2.45) is 0 Å². The first kappa shape index (κ1) is 15.0. The third kappa shape index (κ3) is 4.61. The Balaban J connectivity index is 1.83. The number of aromatic nitrogens is 2. The van der Waals surface area contributed by atoms with Gasteiger partial charge in [0.25, 0.3) is 0 Å². The largest absolute Gasteiger partial charge is 0.407 e. The van der Waals surface area contributed by atoms with E-state index in [4.69, 9.17) is 4.42 Å². The Hall–Kier alpha value is -1.40. The van der Waals surface area contributed by atoms with Gasteiger partial charge < -0.3 is 15.1 Å². The summed E-state index contributed by atoms with van der Waals surface area (Å²) < 4.78 is 5.56. The Labute approximate surface area is 123 Å². The van der Waals surface area contributed by atoms with Crippen LogP contribution >= 0.6 is 11.3 Å². The number of thiophene rings is 1. The van der Waals surface area contributed by atoms with Crippen molar-refractivity contribution in [1.29, 1.82) is 0 Å². The normalized spacial score (nSPS) is 12.8. The van der Waals surface area contributed by atoms with Crippen molar-refractivity contribution in [3.63, 3.8) is 0 Å². The third-order valence-electron chi connectivity index (χ3n) is 2.80. The van der Waals surface area contributed by atoms with E-state index in [2.05, 4.69) is 60.7 Å². The lowest BCUT2D eigenvalue weighted by Crippen LogP contribution is -2.21. The molecule has 0 fully saturated rings. The molecule has 0 spiro atoms. The molecule has 0 aliphatic heterocycles. The van der Waals surface area contributed by atoms with Gasteiger partial charge in [-0.3, -0.25) is 0 Å². The van der Waals surface area contributed by atoms with Gasteiger partial charge in [0.1, 0.15) is 0 Å². The maximum atomic E-state index is 5.56. The molecule has 2 aromatic heterocycles. The summed E-state index contributed by atoms with van der Waals surface area (Å²) in [7, 11) is 0. The Morgan fingerprint density at radius 1 is 1.25 bits per heavy atom. The van der Waals surface area contributed by atoms with Gasteiger partial charge in [-0.15, -0.1) is 16.4 Å². The molecule has 0 amide bonds. The summed E-state index contributed by atoms with van der Waals surface area (Å²) in [4.78, 5) is 2.70. The highest BCUT2D eigenvalue weighted by Gasteiger charge is 2.10. The second-order valence-electron chi connectivity index (χ2n) is 5.30. The second kappa shape index (κ2) is 6.85. The average molecular weight is 294 g/mol. The smallest absolute Gasteiger partial charge is 0.315 e. The fraction of sp³-hybridized carbons (Fsp3) is 0.571. The van der Waals surface area contributed by atoms with Crippen molar-refractivity contribution in [2.75, 3.05) is 5.32 Å². The SMILES string of the molecule is Cc1ccc(CC(C)Nc2nnc(CNC(C)C)o2)s1. The van der Waals surface area contributed by atoms with Crippen LogP contribution in [0.4, 0.5) is 6.01 Å². The van der Waals surface area contributed by atoms with Gasteiger partial charge in [-0.05, 0) is 26.0 Å². The first-order valence-corrected chi connectivity index (χ1v) is 7.72. The molecule has 2 heterocycles. The molecule has 0 aromatic carbocycles. The van der Waals surface area contributed by atoms with Crippen LogP contribution in [0, 0.1) is 6.92 Å². The summed E-state index contributed by atoms with van der Waals surface area (Å²) >= 11 is 1.83. The third-order valence-corrected chi connectivity index (χ3v) is 3.82. The van der Waals surface area contributed by atoms with Gasteiger partial charge >= 0.3 is 6.01 Å². The second-order valence-corrected chi connectivity index (χ2v) is 6.67. The molecule has 6 heteroatoms. The van der Waals surface area contributed by atoms with Crippen molar-refractivity contribution in [3.8, 4) is 0 Å². The number of hydrogen-bond acceptors (Lipinski definition) is 6. The quantitative estimate of drug-likeness (QED) is 0.822. The molecule has 0 aliphatic rings. The molecular formula is C14H22N4OS. The van der Waals surface area contributed by atoms with Gasteiger partial charge in [0, 0.05) is 28.3 Å². The van der Waals surface area contributed by atoms with E-state index in [0.717, 1.165) is 6.42 Å². The van der Waals surface area contributed by atoms with Crippen LogP contribution in [0.15, 0.2) is 16.5 Å². The highest BCUT2D eigenvalue weighted by atomic mass is 32.1. The molecule has 0 bridgehead atoms. The molecule has 1 atom stereocenters. The van der Waals surface area contributed by atoms with E-state index in [0.29, 0.717) is 24.5 Å². The number of nitrogens with one attached hydrogen (secondary N) is 2. The minimum absolute atomic E-state index is 0.263. The minimum Gasteiger partial charge on any atom is -0.407 e. The standard InChI is InChI=1S/C14H22N4OS/c1-9(2)15-8-13-17-18-14(19-13)16-10(3)7-12-6-5-11(4)20-12/h5-6,9-10,15H,7-8H2,1-4H3,(H,16,18). The van der Waals surface area contributed by atoms with E-state index in [9.17, 15) is 0 Å². The first-order chi connectivity index (χ1) is 9.52. The number of anilines is 1. The Bertz CT molecular complexity index is 535. The van der Waals surface area contributed by atoms with E-state index in [1.54, 1.807) is 0 Å². The van der Waals surface area contributed by atoms with E-state index < -0.39 is 0 Å². The minimum atomic E-state index is 0.263. The number of hydrogen-bond donors (Lipinski definition) is 2. The van der Waals surface area contributed by atoms with Crippen LogP contribution in [0.2, 0.25) is 0 Å². The van der Waals surface area contributed by atoms with E-state index in [-0.39, 0.29) is 6.04 Å². The van der Waals surface area contributed by atoms with E-state index >= 15 is 0 Å². The molecule has 0 saturated carbocycles. The molecule has 0 aliphatic carbocycles. The fourth-order valence-electron chi connectivity index (χ4n) is 1.83. The van der Waals surface area contributed by atoms with Crippen molar-refractivity contribution >= 4 is 17.4 Å². The molecule has 2 aromatic rings. The number of aryl methyl sites for hydroxylation is 1. The molecule has 1 unspecified atom stereocenters. The van der Waals surface area contributed by atoms with Crippen LogP contribution in [0.5, 0.6) is 0 Å². The summed E-state index contributed by atoms with van der Waals surface area (Å²) in [6.07, 6.45) is 0.959. The zero-order valence-electron chi connectivity index (χ0n) is 12.4. The first-order valence-electron chi connectivity index (χ1n) is 6.90. The van der Waals surface area contributed by atoms with Crippen LogP contribution in [0.25, 0.3) is 0 Å². The summed E-state index contributed by atoms with van der Waals surface area (Å²) in [5.74, 6) is 0.611. The fourth-order valence-corrected chi connectivity index (χ4v) is 2.85. The molecular weight excluding hydrogens is 272 g/mol. The lowest BCUT2D eigenvalue weighted by atomic mass is 10.2. The lowest BCUT2D eigenvalue weighted by Gasteiger charge is -2.10. The molecule has 0 saturated heterocycles. The van der Waals surface area contributed by atoms with Crippen molar-refractivity contribution < 1.29 is 4.42 Å². The number of nitrogens with zero attached hydrogens (tertiary/aromatic N) is 2. The summed E-state index contributed by atoms with van der Waals surface area (Å²) in [6, 6.07) is 5.48. The van der Waals surface area contributed by atoms with Crippen LogP contribution in [0.1, 0.15) is 36.4 Å². The predicted octanol–water partition coefficient (Wildman–Crippen LogP) is 2.98. The molecule has 5 nitrogen and oxygen atoms in total. The molecule has 2 rings (SSSR count). The number of rotatable bonds is 7. The van der Waals surface area contributed by atoms with Gasteiger partial charge in [0.2, 0.25) is 5.89 Å². The van der Waals surface area contributed by atoms with Crippen LogP contribution < -0.4 is 10.6 Å². The highest BCUT2D eigenvalue weighted by Crippen LogP contribution is 2.18. The van der Waals surface area contributed by atoms with Crippen molar-refractivity contribution in [1.82, 2.24) is 15.5 Å². The zero-order valence-corrected chi connectivity index (χ0v) is 13.3. The molecule has 20 heavy (non-hydrogen) atoms. The van der Waals surface area contributed by atoms with Gasteiger partial charge in [0.15, 0.2) is 0 Å². The van der Waals surface area contributed by atoms with E-state index in [1.807, 2.05) is 11.3 Å². The maximum Gasteiger partial charge on any atom is 0.315 e. The summed E-state index contributed by atoms with van der Waals surface area (Å²) in [5.41, 5.74) is 0. The van der Waals surface area contributed by atoms with Crippen molar-refractivity contribution in [2.45, 2.75) is 52.7 Å². The molecule has 110 valence electrons. The van der Waals surface area contributed by atoms with Gasteiger partial charge in [0.05, 0.1) is 6.54 Å². The van der Waals surface area contributed by atoms with Crippen LogP contribution in [-0.2, 0) is 13.0 Å². The highest BCUT2D eigenvalue weighted by molar-refractivity contribution is 7.11. The summed E-state index contributed by atoms with van der Waals surface area (Å²) in [5, 5.41) is 14.5. The van der Waals surface area contributed by atoms with Crippen molar-refractivity contribution in [3.05, 3.63) is 27.8 Å². The van der Waals surface area contributed by atoms with E-state index in [1.165, 1.54) is 9.75 Å². The topological polar surface area (TPSA) is 63.0 Å². The monoisotopic (exact) mass is 294 g/mol. The van der Waals surface area contributed by atoms with Gasteiger partial charge in [-0.25, -0.2) is 0 Å². The summed E-state index contributed by atoms with van der Waals surface area (Å²) in [6.45, 7) is 9.01. The Morgan fingerprint density at radius 2 is 2.05 bits per heavy atom. The maximum absolute atomic E-state index is 5.56. The van der Waals surface area contributed by atoms with Crippen LogP contribution in [0.3, 0.4) is 0 Å². The average Bonchev–Trinajstić information content (AvgIpc) is 2.96. The molecule has 2 N–H and O–H groups in total. The predicted molar refractivity (Wildman–Crippen MR) is 82.1 cm³/mol. The lowest BCUT2D eigenvalue weighted by molar-refractivity contribution is 0.456. The molecule has 0 radical (unpaired) electrons. The van der Waals surface area contributed by atoms with Gasteiger partial charge in [-0.2, -0.15) is 0 Å². The van der Waals surface area contributed by atoms with Crippen LogP contribution in [-0.4, -0.2) is 22.3 Å². The Kier molecular flexibility index (Phi) is 5.14. The van der Waals surface area contributed by atoms with Gasteiger partial charge in [-0.1, -0.05) is 18.9 Å². The Morgan fingerprint density at radius 3 is 2.70 bits per heavy atom.